The molecule has 5 saturated heterocycles. The first-order chi connectivity index (χ1) is 71.9. The van der Waals surface area contributed by atoms with Crippen LogP contribution in [0.4, 0.5) is 77.0 Å². The van der Waals surface area contributed by atoms with Gasteiger partial charge in [-0.2, -0.15) is 5.10 Å². The Morgan fingerprint density at radius 2 is 0.819 bits per heavy atom. The highest BCUT2D eigenvalue weighted by molar-refractivity contribution is 6.33. The number of para-hydroxylation sites is 1. The van der Waals surface area contributed by atoms with Crippen molar-refractivity contribution in [1.29, 1.82) is 0 Å². The molecule has 1 aromatic heterocycles. The first-order valence-corrected chi connectivity index (χ1v) is 49.1. The van der Waals surface area contributed by atoms with Crippen LogP contribution in [0.25, 0.3) is 5.69 Å². The highest BCUT2D eigenvalue weighted by Crippen LogP contribution is 2.39. The maximum Gasteiger partial charge on any atom is 0.350 e. The fraction of sp³-hybridized carbons (Fsp3) is 0.305. The first-order valence-electron chi connectivity index (χ1n) is 48.4. The van der Waals surface area contributed by atoms with Crippen LogP contribution in [-0.4, -0.2) is 219 Å². The zero-order chi connectivity index (χ0) is 106. The molecule has 44 heteroatoms. The van der Waals surface area contributed by atoms with Gasteiger partial charge in [0.15, 0.2) is 0 Å². The summed E-state index contributed by atoms with van der Waals surface area (Å²) in [6.45, 7) is 19.6. The number of carbonyl (C=O) groups is 5. The summed E-state index contributed by atoms with van der Waals surface area (Å²) >= 11 is 12.3. The average Bonchev–Trinajstić information content (AvgIpc) is 1.61. The normalized spacial score (nSPS) is 14.5. The molecule has 1 unspecified atom stereocenters. The molecule has 5 aliphatic rings. The van der Waals surface area contributed by atoms with Crippen molar-refractivity contribution in [2.24, 2.45) is 5.92 Å². The van der Waals surface area contributed by atoms with Crippen molar-refractivity contribution < 1.29 is 78.5 Å². The maximum absolute atomic E-state index is 13.5. The third-order valence-electron chi connectivity index (χ3n) is 26.8. The third kappa shape index (κ3) is 28.8. The average molecular weight is 2080 g/mol. The number of piperidine rings is 1. The van der Waals surface area contributed by atoms with Gasteiger partial charge in [0.2, 0.25) is 0 Å². The molecule has 12 aromatic rings. The van der Waals surface area contributed by atoms with Gasteiger partial charge in [-0.15, -0.1) is 0 Å². The number of piperazine rings is 3. The van der Waals surface area contributed by atoms with Crippen molar-refractivity contribution in [3.05, 3.63) is 372 Å². The summed E-state index contributed by atoms with van der Waals surface area (Å²) in [6.07, 6.45) is 6.50. The number of anilines is 8. The molecule has 0 bridgehead atoms. The Labute approximate surface area is 865 Å². The summed E-state index contributed by atoms with van der Waals surface area (Å²) in [5.74, 6) is -2.96. The lowest BCUT2D eigenvalue weighted by Gasteiger charge is -2.38. The van der Waals surface area contributed by atoms with E-state index in [9.17, 15) is 78.0 Å². The minimum atomic E-state index is -0.806. The Bertz CT molecular complexity index is 6670. The molecule has 149 heavy (non-hydrogen) atoms. The number of nitrogens with zero attached hydrogens (tertiary/aromatic N) is 16. The molecule has 17 rings (SSSR count). The SMILES string of the molecule is CCC(C)n1nc(C)n(-c2ccc(N3CCCN(c4ccc(C(=O)NO)cc4)CC3)cc2)c1=O.O=C(NO)c1cc([N+](=O)[O-])ccc1N1CCC(Cc2ccccc2)CC1.O=C(NO)c1cc([N+](=O)[O-])ccc1N1CCN(c2ccccc2Cl)CC1.O=C(NO)c1ccc(N2CCN(CCCC(c3ccc(F)cc3)c3ccc(F)cc3)CC2)c([N+](=O)[O-])c1.O=C(NO)c1ccc(N2CCN(c3cccc(Cl)c3)CC2)c([N+](=O)[O-])c1. The molecule has 0 saturated carbocycles. The lowest BCUT2D eigenvalue weighted by atomic mass is 9.87. The summed E-state index contributed by atoms with van der Waals surface area (Å²) in [7, 11) is 0. The highest BCUT2D eigenvalue weighted by Gasteiger charge is 2.33. The van der Waals surface area contributed by atoms with Crippen LogP contribution in [0, 0.1) is 64.9 Å². The van der Waals surface area contributed by atoms with Gasteiger partial charge >= 0.3 is 5.69 Å². The molecule has 6 heterocycles. The number of nitro benzene ring substituents is 4. The van der Waals surface area contributed by atoms with E-state index in [0.29, 0.717) is 129 Å². The lowest BCUT2D eigenvalue weighted by Crippen LogP contribution is -2.47. The van der Waals surface area contributed by atoms with E-state index in [0.717, 1.165) is 136 Å². The number of halogens is 4. The number of benzene rings is 11. The van der Waals surface area contributed by atoms with Gasteiger partial charge in [0.25, 0.3) is 52.3 Å². The second-order valence-electron chi connectivity index (χ2n) is 35.9. The molecule has 0 radical (unpaired) electrons. The van der Waals surface area contributed by atoms with Crippen LogP contribution in [0.3, 0.4) is 0 Å². The fourth-order valence-corrected chi connectivity index (χ4v) is 19.2. The monoisotopic (exact) mass is 2080 g/mol. The number of non-ortho nitro benzene ring substituents is 2. The Balaban J connectivity index is 0.000000157. The quantitative estimate of drug-likeness (QED) is 0.0124. The summed E-state index contributed by atoms with van der Waals surface area (Å²) in [5, 5.41) is 94.9. The number of nitrogens with one attached hydrogen (secondary N) is 5. The van der Waals surface area contributed by atoms with Gasteiger partial charge in [0, 0.05) is 199 Å². The highest BCUT2D eigenvalue weighted by atomic mass is 35.5. The molecule has 40 nitrogen and oxygen atoms in total. The zero-order valence-corrected chi connectivity index (χ0v) is 83.4. The second kappa shape index (κ2) is 52.8. The van der Waals surface area contributed by atoms with Crippen LogP contribution in [0.2, 0.25) is 10.0 Å². The van der Waals surface area contributed by atoms with Gasteiger partial charge in [0.05, 0.1) is 64.6 Å². The first kappa shape index (κ1) is 110. The predicted octanol–water partition coefficient (Wildman–Crippen LogP) is 16.4. The molecule has 782 valence electrons. The van der Waals surface area contributed by atoms with Crippen LogP contribution >= 0.6 is 23.2 Å². The number of hydroxylamine groups is 5. The number of aromatic nitrogens is 3. The van der Waals surface area contributed by atoms with Gasteiger partial charge in [-0.3, -0.25) is 95.4 Å². The van der Waals surface area contributed by atoms with Crippen molar-refractivity contribution in [3.8, 4) is 5.69 Å². The molecule has 11 aromatic carbocycles. The van der Waals surface area contributed by atoms with Crippen molar-refractivity contribution in [2.45, 2.75) is 77.7 Å². The molecular weight excluding hydrogens is 1970 g/mol. The van der Waals surface area contributed by atoms with E-state index in [4.69, 9.17) is 49.2 Å². The number of carbonyl (C=O) groups excluding carboxylic acids is 5. The molecule has 1 atom stereocenters. The van der Waals surface area contributed by atoms with E-state index in [-0.39, 0.29) is 74.3 Å². The molecule has 0 spiro atoms. The largest absolute Gasteiger partial charge is 0.371 e. The lowest BCUT2D eigenvalue weighted by molar-refractivity contribution is -0.385. The van der Waals surface area contributed by atoms with Crippen LogP contribution < -0.4 is 72.3 Å². The van der Waals surface area contributed by atoms with Crippen molar-refractivity contribution in [1.82, 2.24) is 46.6 Å². The van der Waals surface area contributed by atoms with Crippen molar-refractivity contribution >= 4 is 121 Å². The van der Waals surface area contributed by atoms with E-state index in [2.05, 4.69) is 58.8 Å². The topological polar surface area (TPSA) is 488 Å². The maximum atomic E-state index is 13.5. The van der Waals surface area contributed by atoms with Crippen molar-refractivity contribution in [2.75, 3.05) is 164 Å². The van der Waals surface area contributed by atoms with E-state index in [1.165, 1.54) is 101 Å². The minimum absolute atomic E-state index is 0.00782. The van der Waals surface area contributed by atoms with Gasteiger partial charge < -0.3 is 39.2 Å². The van der Waals surface area contributed by atoms with Gasteiger partial charge in [-0.05, 0) is 227 Å². The second-order valence-corrected chi connectivity index (χ2v) is 36.8. The number of rotatable bonds is 28. The summed E-state index contributed by atoms with van der Waals surface area (Å²) in [6, 6.07) is 70.3. The van der Waals surface area contributed by atoms with Crippen LogP contribution in [0.5, 0.6) is 0 Å². The van der Waals surface area contributed by atoms with E-state index >= 15 is 0 Å². The standard InChI is InChI=1S/C27H28F2N4O4.C25H32N6O3.C19H21N3O4.2C17H17ClN4O4/c28-22-8-3-19(4-9-22)24(20-5-10-23(29)11-6-20)2-1-13-31-14-16-32(17-15-31)25-12-7-21(27(34)30-35)18-26(25)33(36)37;1-4-18(2)31-25(33)30(19(3)26-31)23-12-10-22(11-13-23)29-15-5-14-28(16-17-29)21-8-6-20(7-9-21)24(32)27-34;23-19(20-24)17-13-16(22(25)26)6-7-18(17)21-10-8-15(9-11-21)12-14-4-2-1-3-5-14;18-13-2-1-3-14(11-13)20-6-8-21(9-7-20)15-5-4-12(17(23)19-24)10-16(15)22(25)26;18-14-3-1-2-4-16(14)21-9-7-20(8-10-21)15-6-5-12(22(25)26)11-13(15)17(23)19-24/h3-12,18,24,35H,1-2,13-17H2,(H,30,34);6-13,18,34H,4-5,14-17H2,1-3H3,(H,27,32);1-7,13,15,24H,8-12H2,(H,20,23);1-5,10-11,24H,6-9H2,(H,19,23);1-6,11,24H,7-10H2,(H,19,23). The smallest absolute Gasteiger partial charge is 0.350 e. The van der Waals surface area contributed by atoms with Crippen LogP contribution in [0.1, 0.15) is 139 Å². The number of amides is 5. The Morgan fingerprint density at radius 1 is 0.416 bits per heavy atom. The Morgan fingerprint density at radius 3 is 1.27 bits per heavy atom. The molecule has 5 fully saturated rings. The van der Waals surface area contributed by atoms with Crippen LogP contribution in [-0.2, 0) is 6.42 Å². The number of nitro groups is 4. The summed E-state index contributed by atoms with van der Waals surface area (Å²) < 4.78 is 30.2. The summed E-state index contributed by atoms with van der Waals surface area (Å²) in [5.41, 5.74) is 17.9. The summed E-state index contributed by atoms with van der Waals surface area (Å²) in [4.78, 5) is 133. The molecule has 0 aliphatic carbocycles. The minimum Gasteiger partial charge on any atom is -0.371 e. The number of aryl methyl sites for hydroxylation is 1. The molecule has 5 amide bonds. The fourth-order valence-electron chi connectivity index (χ4n) is 18.7. The number of hydrogen-bond donors (Lipinski definition) is 10. The number of hydrogen-bond acceptors (Lipinski definition) is 29. The van der Waals surface area contributed by atoms with Gasteiger partial charge in [0.1, 0.15) is 28.8 Å². The predicted molar refractivity (Wildman–Crippen MR) is 561 cm³/mol. The Hall–Kier alpha value is -16.1. The molecule has 10 N–H and O–H groups in total. The van der Waals surface area contributed by atoms with E-state index in [1.807, 2.05) is 126 Å². The van der Waals surface area contributed by atoms with E-state index in [1.54, 1.807) is 68.2 Å². The van der Waals surface area contributed by atoms with Gasteiger partial charge in [-0.25, -0.2) is 50.2 Å². The third-order valence-corrected chi connectivity index (χ3v) is 27.4. The zero-order valence-electron chi connectivity index (χ0n) is 81.9. The van der Waals surface area contributed by atoms with E-state index < -0.39 is 49.2 Å². The molecular formula is C105H115Cl2F2N21O19. The van der Waals surface area contributed by atoms with Gasteiger partial charge in [-0.1, -0.05) is 103 Å². The van der Waals surface area contributed by atoms with Crippen LogP contribution in [0.15, 0.2) is 254 Å². The van der Waals surface area contributed by atoms with Crippen molar-refractivity contribution in [3.63, 3.8) is 0 Å². The Kier molecular flexibility index (Phi) is 39.0. The molecule has 5 aliphatic heterocycles.